The molecule has 0 amide bonds. The van der Waals surface area contributed by atoms with E-state index in [2.05, 4.69) is 0 Å². The maximum absolute atomic E-state index is 12.4. The van der Waals surface area contributed by atoms with Crippen molar-refractivity contribution in [2.75, 3.05) is 39.3 Å². The summed E-state index contributed by atoms with van der Waals surface area (Å²) in [6, 6.07) is 0. The molecule has 3 saturated heterocycles. The number of Topliss-reactive ketones (excluding diaryl/α,β-unsaturated/α-hetero) is 1. The zero-order valence-corrected chi connectivity index (χ0v) is 11.9. The molecule has 4 rings (SSSR count). The van der Waals surface area contributed by atoms with Crippen LogP contribution in [0, 0.1) is 0 Å². The van der Waals surface area contributed by atoms with Gasteiger partial charge in [-0.1, -0.05) is 0 Å². The van der Waals surface area contributed by atoms with Gasteiger partial charge < -0.3 is 14.7 Å². The van der Waals surface area contributed by atoms with Crippen LogP contribution in [0.3, 0.4) is 0 Å². The topological polar surface area (TPSA) is 43.2 Å². The van der Waals surface area contributed by atoms with E-state index < -0.39 is 0 Å². The summed E-state index contributed by atoms with van der Waals surface area (Å²) < 4.78 is 0. The minimum atomic E-state index is 0. The van der Waals surface area contributed by atoms with Gasteiger partial charge in [-0.15, -0.1) is 24.8 Å². The van der Waals surface area contributed by atoms with E-state index in [0.717, 1.165) is 39.3 Å². The van der Waals surface area contributed by atoms with Gasteiger partial charge in [0.05, 0.1) is 5.70 Å². The zero-order valence-electron chi connectivity index (χ0n) is 10.3. The standard InChI is InChI=1S/C12H13N3O2.2ClH/c16-9-7-8(13-1-2-13)12(17)11(15-5-6-15)10(9)14-3-4-14;;/h7H,1-6H2;2*1H. The molecule has 0 aromatic rings. The molecule has 4 aliphatic rings. The largest absolute Gasteiger partial charge is 0.365 e. The number of rotatable bonds is 3. The Morgan fingerprint density at radius 3 is 1.68 bits per heavy atom. The molecule has 3 heterocycles. The van der Waals surface area contributed by atoms with Gasteiger partial charge >= 0.3 is 0 Å². The molecule has 104 valence electrons. The van der Waals surface area contributed by atoms with E-state index in [9.17, 15) is 9.59 Å². The van der Waals surface area contributed by atoms with Crippen LogP contribution < -0.4 is 0 Å². The maximum Gasteiger partial charge on any atom is 0.227 e. The molecule has 0 bridgehead atoms. The Morgan fingerprint density at radius 2 is 1.21 bits per heavy atom. The van der Waals surface area contributed by atoms with Gasteiger partial charge in [-0.3, -0.25) is 9.59 Å². The van der Waals surface area contributed by atoms with Crippen LogP contribution in [-0.2, 0) is 9.59 Å². The van der Waals surface area contributed by atoms with E-state index in [-0.39, 0.29) is 36.4 Å². The lowest BCUT2D eigenvalue weighted by Gasteiger charge is -2.21. The van der Waals surface area contributed by atoms with Gasteiger partial charge in [0.2, 0.25) is 11.6 Å². The number of hydrogen-bond acceptors (Lipinski definition) is 5. The Bertz CT molecular complexity index is 503. The predicted octanol–water partition coefficient (Wildman–Crippen LogP) is 0.0241. The minimum absolute atomic E-state index is 0. The molecule has 19 heavy (non-hydrogen) atoms. The van der Waals surface area contributed by atoms with Crippen LogP contribution in [0.1, 0.15) is 0 Å². The highest BCUT2D eigenvalue weighted by atomic mass is 35.5. The second-order valence-corrected chi connectivity index (χ2v) is 4.88. The molecule has 7 heteroatoms. The molecule has 0 radical (unpaired) electrons. The van der Waals surface area contributed by atoms with Crippen LogP contribution in [0.5, 0.6) is 0 Å². The normalized spacial score (nSPS) is 23.8. The molecule has 0 aromatic heterocycles. The van der Waals surface area contributed by atoms with Crippen molar-refractivity contribution in [1.82, 2.24) is 14.7 Å². The highest BCUT2D eigenvalue weighted by Gasteiger charge is 2.43. The highest BCUT2D eigenvalue weighted by Crippen LogP contribution is 2.33. The molecule has 3 fully saturated rings. The fourth-order valence-corrected chi connectivity index (χ4v) is 2.28. The van der Waals surface area contributed by atoms with E-state index >= 15 is 0 Å². The van der Waals surface area contributed by atoms with E-state index in [0.29, 0.717) is 17.1 Å². The molecule has 5 nitrogen and oxygen atoms in total. The first-order valence-electron chi connectivity index (χ1n) is 6.05. The molecule has 0 spiro atoms. The molecule has 0 aromatic carbocycles. The van der Waals surface area contributed by atoms with Crippen LogP contribution in [0.4, 0.5) is 0 Å². The van der Waals surface area contributed by atoms with E-state index in [1.54, 1.807) is 0 Å². The Morgan fingerprint density at radius 1 is 0.737 bits per heavy atom. The van der Waals surface area contributed by atoms with Crippen LogP contribution in [-0.4, -0.2) is 65.5 Å². The van der Waals surface area contributed by atoms with E-state index in [4.69, 9.17) is 0 Å². The van der Waals surface area contributed by atoms with Gasteiger partial charge in [-0.2, -0.15) is 0 Å². The van der Waals surface area contributed by atoms with Gasteiger partial charge in [-0.05, 0) is 0 Å². The second-order valence-electron chi connectivity index (χ2n) is 4.88. The Labute approximate surface area is 123 Å². The Kier molecular flexibility index (Phi) is 3.53. The van der Waals surface area contributed by atoms with Gasteiger partial charge in [0.15, 0.2) is 0 Å². The van der Waals surface area contributed by atoms with Crippen molar-refractivity contribution in [2.24, 2.45) is 0 Å². The maximum atomic E-state index is 12.4. The third-order valence-electron chi connectivity index (χ3n) is 3.49. The van der Waals surface area contributed by atoms with Gasteiger partial charge in [-0.25, -0.2) is 0 Å². The number of carbonyl (C=O) groups is 2. The average molecular weight is 304 g/mol. The van der Waals surface area contributed by atoms with Crippen LogP contribution in [0.15, 0.2) is 23.2 Å². The van der Waals surface area contributed by atoms with Gasteiger partial charge in [0.1, 0.15) is 11.4 Å². The average Bonchev–Trinajstić information content (AvgIpc) is 3.13. The number of halogens is 2. The molecule has 0 saturated carbocycles. The lowest BCUT2D eigenvalue weighted by atomic mass is 10.0. The number of nitrogens with zero attached hydrogens (tertiary/aromatic N) is 3. The zero-order chi connectivity index (χ0) is 11.6. The van der Waals surface area contributed by atoms with Crippen molar-refractivity contribution < 1.29 is 9.59 Å². The van der Waals surface area contributed by atoms with Crippen molar-refractivity contribution in [3.05, 3.63) is 23.2 Å². The summed E-state index contributed by atoms with van der Waals surface area (Å²) >= 11 is 0. The lowest BCUT2D eigenvalue weighted by Crippen LogP contribution is -2.29. The summed E-state index contributed by atoms with van der Waals surface area (Å²) in [4.78, 5) is 30.5. The third-order valence-corrected chi connectivity index (χ3v) is 3.49. The SMILES string of the molecule is Cl.Cl.O=C1C=C(N2CC2)C(=O)C(N2CC2)=C1N1CC1. The molecule has 0 N–H and O–H groups in total. The second kappa shape index (κ2) is 4.72. The summed E-state index contributed by atoms with van der Waals surface area (Å²) in [7, 11) is 0. The summed E-state index contributed by atoms with van der Waals surface area (Å²) in [5.74, 6) is 0.0485. The summed E-state index contributed by atoms with van der Waals surface area (Å²) in [5, 5.41) is 0. The van der Waals surface area contributed by atoms with E-state index in [1.165, 1.54) is 6.08 Å². The minimum Gasteiger partial charge on any atom is -0.365 e. The highest BCUT2D eigenvalue weighted by molar-refractivity contribution is 6.22. The number of carbonyl (C=O) groups excluding carboxylic acids is 2. The summed E-state index contributed by atoms with van der Waals surface area (Å²) in [6.07, 6.45) is 1.52. The van der Waals surface area contributed by atoms with Gasteiger partial charge in [0, 0.05) is 45.3 Å². The Hall–Kier alpha value is -1.20. The quantitative estimate of drug-likeness (QED) is 0.543. The smallest absolute Gasteiger partial charge is 0.227 e. The molecule has 0 unspecified atom stereocenters. The van der Waals surface area contributed by atoms with E-state index in [1.807, 2.05) is 14.7 Å². The third kappa shape index (κ3) is 2.32. The fourth-order valence-electron chi connectivity index (χ4n) is 2.28. The van der Waals surface area contributed by atoms with Crippen LogP contribution in [0.2, 0.25) is 0 Å². The molecular formula is C12H15Cl2N3O2. The first kappa shape index (κ1) is 14.2. The summed E-state index contributed by atoms with van der Waals surface area (Å²) in [6.45, 7) is 5.41. The first-order chi connectivity index (χ1) is 8.25. The van der Waals surface area contributed by atoms with Crippen molar-refractivity contribution >= 4 is 36.4 Å². The first-order valence-corrected chi connectivity index (χ1v) is 6.05. The van der Waals surface area contributed by atoms with Crippen molar-refractivity contribution in [3.8, 4) is 0 Å². The molecular weight excluding hydrogens is 289 g/mol. The number of ketones is 2. The van der Waals surface area contributed by atoms with Crippen molar-refractivity contribution in [1.29, 1.82) is 0 Å². The van der Waals surface area contributed by atoms with Crippen LogP contribution >= 0.6 is 24.8 Å². The molecule has 3 aliphatic heterocycles. The van der Waals surface area contributed by atoms with Gasteiger partial charge in [0.25, 0.3) is 0 Å². The lowest BCUT2D eigenvalue weighted by molar-refractivity contribution is -0.117. The molecule has 0 atom stereocenters. The Balaban J connectivity index is 0.000000667. The predicted molar refractivity (Wildman–Crippen MR) is 74.3 cm³/mol. The van der Waals surface area contributed by atoms with Crippen LogP contribution in [0.25, 0.3) is 0 Å². The number of hydrogen-bond donors (Lipinski definition) is 0. The molecule has 1 aliphatic carbocycles. The fraction of sp³-hybridized carbons (Fsp3) is 0.500. The van der Waals surface area contributed by atoms with Crippen molar-refractivity contribution in [2.45, 2.75) is 0 Å². The monoisotopic (exact) mass is 303 g/mol. The number of allylic oxidation sites excluding steroid dienone is 1. The summed E-state index contributed by atoms with van der Waals surface area (Å²) in [5.41, 5.74) is 1.89. The van der Waals surface area contributed by atoms with Crippen molar-refractivity contribution in [3.63, 3.8) is 0 Å².